The van der Waals surface area contributed by atoms with Crippen molar-refractivity contribution in [3.8, 4) is 44.5 Å². The Labute approximate surface area is 339 Å². The lowest BCUT2D eigenvalue weighted by Gasteiger charge is -2.21. The minimum Gasteiger partial charge on any atom is -0.166 e. The zero-order valence-electron chi connectivity index (χ0n) is 32.1. The van der Waals surface area contributed by atoms with Gasteiger partial charge in [-0.25, -0.2) is 0 Å². The van der Waals surface area contributed by atoms with Crippen LogP contribution in [0.5, 0.6) is 0 Å². The van der Waals surface area contributed by atoms with Crippen molar-refractivity contribution in [3.63, 3.8) is 0 Å². The second kappa shape index (κ2) is 13.4. The molecule has 11 aromatic carbocycles. The molecule has 0 aliphatic rings. The molecule has 0 amide bonds. The number of alkyl halides is 3. The maximum absolute atomic E-state index is 13.9. The first-order valence-corrected chi connectivity index (χ1v) is 19.9. The van der Waals surface area contributed by atoms with Crippen LogP contribution in [0.25, 0.3) is 109 Å². The molecule has 0 aromatic heterocycles. The Hall–Kier alpha value is -7.23. The number of halogens is 3. The van der Waals surface area contributed by atoms with E-state index in [1.807, 2.05) is 0 Å². The van der Waals surface area contributed by atoms with Crippen LogP contribution in [0.2, 0.25) is 0 Å². The third-order valence-corrected chi connectivity index (χ3v) is 12.1. The molecule has 0 saturated carbocycles. The van der Waals surface area contributed by atoms with Gasteiger partial charge >= 0.3 is 6.18 Å². The molecule has 0 N–H and O–H groups in total. The molecule has 0 aliphatic heterocycles. The van der Waals surface area contributed by atoms with Crippen molar-refractivity contribution < 1.29 is 13.2 Å². The van der Waals surface area contributed by atoms with Crippen molar-refractivity contribution in [2.75, 3.05) is 0 Å². The minimum absolute atomic E-state index is 0.665. The molecular formula is C56H35F3. The van der Waals surface area contributed by atoms with Gasteiger partial charge in [0.1, 0.15) is 0 Å². The zero-order chi connectivity index (χ0) is 39.8. The standard InChI is InChI=1S/C56H35F3/c1-34-18-20-35(21-19-34)37-24-27-45-41(28-37)33-52-51(50-29-38-10-2-4-12-43(38)46-14-6-8-16-48(46)50)31-40(36-22-25-42(26-23-36)56(57,58)59)32-54(52)55(45)53-30-39-11-3-5-13-44(39)47-15-7-9-17-49(47)53/h2-33H,1H3. The van der Waals surface area contributed by atoms with E-state index in [1.165, 1.54) is 33.9 Å². The second-order valence-corrected chi connectivity index (χ2v) is 15.6. The van der Waals surface area contributed by atoms with E-state index in [0.29, 0.717) is 0 Å². The molecule has 3 heteroatoms. The third kappa shape index (κ3) is 5.84. The van der Waals surface area contributed by atoms with E-state index in [4.69, 9.17) is 0 Å². The first-order valence-electron chi connectivity index (χ1n) is 19.9. The predicted octanol–water partition coefficient (Wildman–Crippen LogP) is 16.6. The average molecular weight is 765 g/mol. The molecule has 59 heavy (non-hydrogen) atoms. The number of aryl methyl sites for hydroxylation is 1. The van der Waals surface area contributed by atoms with Gasteiger partial charge in [0.25, 0.3) is 0 Å². The lowest BCUT2D eigenvalue weighted by atomic mass is 9.82. The van der Waals surface area contributed by atoms with Crippen LogP contribution in [0, 0.1) is 6.92 Å². The molecule has 0 aliphatic carbocycles. The van der Waals surface area contributed by atoms with Gasteiger partial charge in [-0.2, -0.15) is 13.2 Å². The van der Waals surface area contributed by atoms with Gasteiger partial charge in [0.2, 0.25) is 0 Å². The lowest BCUT2D eigenvalue weighted by molar-refractivity contribution is -0.137. The molecule has 0 unspecified atom stereocenters. The monoisotopic (exact) mass is 764 g/mol. The van der Waals surface area contributed by atoms with E-state index in [0.717, 1.165) is 93.0 Å². The Morgan fingerprint density at radius 3 is 1.42 bits per heavy atom. The van der Waals surface area contributed by atoms with Gasteiger partial charge in [0.15, 0.2) is 0 Å². The minimum atomic E-state index is -4.43. The summed E-state index contributed by atoms with van der Waals surface area (Å²) in [5, 5.41) is 13.5. The van der Waals surface area contributed by atoms with Crippen molar-refractivity contribution in [3.05, 3.63) is 205 Å². The molecule has 0 heterocycles. The van der Waals surface area contributed by atoms with Crippen LogP contribution in [-0.4, -0.2) is 0 Å². The number of hydrogen-bond donors (Lipinski definition) is 0. The van der Waals surface area contributed by atoms with Crippen molar-refractivity contribution in [2.24, 2.45) is 0 Å². The average Bonchev–Trinajstić information content (AvgIpc) is 3.27. The van der Waals surface area contributed by atoms with E-state index >= 15 is 0 Å². The molecule has 280 valence electrons. The summed E-state index contributed by atoms with van der Waals surface area (Å²) in [6, 6.07) is 66.4. The predicted molar refractivity (Wildman–Crippen MR) is 243 cm³/mol. The van der Waals surface area contributed by atoms with Crippen LogP contribution >= 0.6 is 0 Å². The fraction of sp³-hybridized carbons (Fsp3) is 0.0357. The first-order chi connectivity index (χ1) is 28.8. The number of fused-ring (bicyclic) bond motifs is 8. The molecule has 11 rings (SSSR count). The molecule has 0 bridgehead atoms. The number of hydrogen-bond acceptors (Lipinski definition) is 0. The van der Waals surface area contributed by atoms with Gasteiger partial charge in [0.05, 0.1) is 5.56 Å². The van der Waals surface area contributed by atoms with Crippen LogP contribution in [0.3, 0.4) is 0 Å². The lowest BCUT2D eigenvalue weighted by Crippen LogP contribution is -2.04. The Kier molecular flexibility index (Phi) is 7.96. The molecule has 11 aromatic rings. The fourth-order valence-electron chi connectivity index (χ4n) is 9.22. The van der Waals surface area contributed by atoms with E-state index in [2.05, 4.69) is 177 Å². The Morgan fingerprint density at radius 1 is 0.305 bits per heavy atom. The van der Waals surface area contributed by atoms with Crippen molar-refractivity contribution in [1.82, 2.24) is 0 Å². The quantitative estimate of drug-likeness (QED) is 0.124. The van der Waals surface area contributed by atoms with Gasteiger partial charge in [-0.1, -0.05) is 151 Å². The summed E-state index contributed by atoms with van der Waals surface area (Å²) in [5.74, 6) is 0. The van der Waals surface area contributed by atoms with E-state index in [9.17, 15) is 13.2 Å². The van der Waals surface area contributed by atoms with E-state index in [1.54, 1.807) is 12.1 Å². The highest BCUT2D eigenvalue weighted by molar-refractivity contribution is 6.25. The van der Waals surface area contributed by atoms with E-state index < -0.39 is 11.7 Å². The molecule has 0 spiro atoms. The first kappa shape index (κ1) is 35.0. The van der Waals surface area contributed by atoms with E-state index in [-0.39, 0.29) is 0 Å². The Bertz CT molecular complexity index is 3470. The summed E-state index contributed by atoms with van der Waals surface area (Å²) in [6.07, 6.45) is -4.43. The Balaban J connectivity index is 1.32. The summed E-state index contributed by atoms with van der Waals surface area (Å²) in [6.45, 7) is 2.10. The summed E-state index contributed by atoms with van der Waals surface area (Å²) in [4.78, 5) is 0. The van der Waals surface area contributed by atoms with Crippen molar-refractivity contribution in [1.29, 1.82) is 0 Å². The van der Waals surface area contributed by atoms with Crippen molar-refractivity contribution in [2.45, 2.75) is 13.1 Å². The van der Waals surface area contributed by atoms with Crippen LogP contribution in [-0.2, 0) is 6.18 Å². The SMILES string of the molecule is Cc1ccc(-c2ccc3c(-c4cc5ccccc5c5ccccc45)c4cc(-c5ccc(C(F)(F)F)cc5)cc(-c5cc6ccccc6c6ccccc56)c4cc3c2)cc1. The number of benzene rings is 11. The maximum Gasteiger partial charge on any atom is 0.416 e. The highest BCUT2D eigenvalue weighted by Gasteiger charge is 2.30. The molecule has 0 nitrogen and oxygen atoms in total. The second-order valence-electron chi connectivity index (χ2n) is 15.6. The molecule has 0 fully saturated rings. The summed E-state index contributed by atoms with van der Waals surface area (Å²) >= 11 is 0. The van der Waals surface area contributed by atoms with Gasteiger partial charge in [0, 0.05) is 0 Å². The highest BCUT2D eigenvalue weighted by atomic mass is 19.4. The largest absolute Gasteiger partial charge is 0.416 e. The van der Waals surface area contributed by atoms with Gasteiger partial charge in [-0.05, 0) is 165 Å². The van der Waals surface area contributed by atoms with Crippen LogP contribution in [0.1, 0.15) is 11.1 Å². The van der Waals surface area contributed by atoms with Crippen molar-refractivity contribution >= 4 is 64.6 Å². The van der Waals surface area contributed by atoms with Crippen LogP contribution < -0.4 is 0 Å². The van der Waals surface area contributed by atoms with Gasteiger partial charge < -0.3 is 0 Å². The maximum atomic E-state index is 13.9. The number of rotatable bonds is 4. The Morgan fingerprint density at radius 2 is 0.797 bits per heavy atom. The van der Waals surface area contributed by atoms with Crippen LogP contribution in [0.15, 0.2) is 194 Å². The summed E-state index contributed by atoms with van der Waals surface area (Å²) < 4.78 is 41.6. The fourth-order valence-corrected chi connectivity index (χ4v) is 9.22. The highest BCUT2D eigenvalue weighted by Crippen LogP contribution is 2.48. The summed E-state index contributed by atoms with van der Waals surface area (Å²) in [5.41, 5.74) is 8.68. The molecule has 0 radical (unpaired) electrons. The van der Waals surface area contributed by atoms with Gasteiger partial charge in [-0.3, -0.25) is 0 Å². The topological polar surface area (TPSA) is 0 Å². The van der Waals surface area contributed by atoms with Gasteiger partial charge in [-0.15, -0.1) is 0 Å². The molecule has 0 atom stereocenters. The normalized spacial score (nSPS) is 12.1. The smallest absolute Gasteiger partial charge is 0.166 e. The zero-order valence-corrected chi connectivity index (χ0v) is 32.1. The molecular weight excluding hydrogens is 730 g/mol. The van der Waals surface area contributed by atoms with Crippen LogP contribution in [0.4, 0.5) is 13.2 Å². The molecule has 0 saturated heterocycles. The third-order valence-electron chi connectivity index (χ3n) is 12.1. The summed E-state index contributed by atoms with van der Waals surface area (Å²) in [7, 11) is 0.